The summed E-state index contributed by atoms with van der Waals surface area (Å²) in [5, 5.41) is 23.9. The van der Waals surface area contributed by atoms with Crippen LogP contribution in [-0.4, -0.2) is 155 Å². The second-order valence-electron chi connectivity index (χ2n) is 33.4. The molecule has 0 aromatic heterocycles. The van der Waals surface area contributed by atoms with Gasteiger partial charge in [0.1, 0.15) is 0 Å². The monoisotopic (exact) mass is 1170 g/mol. The molecule has 10 aliphatic carbocycles. The molecule has 12 heteroatoms. The zero-order valence-electron chi connectivity index (χ0n) is 54.4. The molecule has 0 spiro atoms. The predicted octanol–water partition coefficient (Wildman–Crippen LogP) is 10.4. The van der Waals surface area contributed by atoms with Crippen molar-refractivity contribution in [3.63, 3.8) is 0 Å². The van der Waals surface area contributed by atoms with Gasteiger partial charge in [-0.1, -0.05) is 60.8 Å². The summed E-state index contributed by atoms with van der Waals surface area (Å²) in [6.45, 7) is 32.0. The summed E-state index contributed by atoms with van der Waals surface area (Å²) in [5.41, 5.74) is 1.42. The Balaban J connectivity index is 0.552. The van der Waals surface area contributed by atoms with E-state index in [1.165, 1.54) is 174 Å². The third-order valence-electron chi connectivity index (χ3n) is 28.5. The van der Waals surface area contributed by atoms with E-state index in [9.17, 15) is 0 Å². The lowest BCUT2D eigenvalue weighted by molar-refractivity contribution is -0.190. The lowest BCUT2D eigenvalue weighted by Gasteiger charge is -2.68. The summed E-state index contributed by atoms with van der Waals surface area (Å²) in [6, 6.07) is 3.91. The molecule has 6 saturated heterocycles. The molecule has 84 heavy (non-hydrogen) atoms. The third-order valence-corrected chi connectivity index (χ3v) is 28.5. The molecule has 480 valence electrons. The lowest BCUT2D eigenvalue weighted by atomic mass is 9.38. The van der Waals surface area contributed by atoms with Crippen LogP contribution < -0.4 is 31.9 Å². The molecular weight excluding hydrogens is 1040 g/mol. The Bertz CT molecular complexity index is 1820. The maximum Gasteiger partial charge on any atom is 0.0700 e. The van der Waals surface area contributed by atoms with Crippen LogP contribution in [0.3, 0.4) is 0 Å². The van der Waals surface area contributed by atoms with Crippen molar-refractivity contribution in [3.05, 3.63) is 0 Å². The fourth-order valence-electron chi connectivity index (χ4n) is 24.0. The van der Waals surface area contributed by atoms with Crippen molar-refractivity contribution < 1.29 is 28.4 Å². The first-order chi connectivity index (χ1) is 40.9. The largest absolute Gasteiger partial charge is 0.379 e. The summed E-state index contributed by atoms with van der Waals surface area (Å²) < 4.78 is 39.1. The summed E-state index contributed by atoms with van der Waals surface area (Å²) in [4.78, 5) is 0. The van der Waals surface area contributed by atoms with Gasteiger partial charge in [0.25, 0.3) is 0 Å². The van der Waals surface area contributed by atoms with E-state index in [1.54, 1.807) is 0 Å². The van der Waals surface area contributed by atoms with Crippen LogP contribution in [0.5, 0.6) is 0 Å². The van der Waals surface area contributed by atoms with Gasteiger partial charge in [0, 0.05) is 75.9 Å². The molecule has 21 atom stereocenters. The van der Waals surface area contributed by atoms with Crippen LogP contribution >= 0.6 is 0 Å². The molecule has 16 aliphatic rings. The molecular formula is C72H126N6O6. The van der Waals surface area contributed by atoms with E-state index in [-0.39, 0.29) is 0 Å². The van der Waals surface area contributed by atoms with Crippen LogP contribution in [0.2, 0.25) is 0 Å². The average Bonchev–Trinajstić information content (AvgIpc) is 0.841. The predicted molar refractivity (Wildman–Crippen MR) is 337 cm³/mol. The first-order valence-electron chi connectivity index (χ1n) is 36.8. The van der Waals surface area contributed by atoms with Crippen LogP contribution in [0.15, 0.2) is 0 Å². The summed E-state index contributed by atoms with van der Waals surface area (Å²) in [5.74, 6) is 14.2. The summed E-state index contributed by atoms with van der Waals surface area (Å²) in [7, 11) is 0. The lowest BCUT2D eigenvalue weighted by Crippen LogP contribution is -2.67. The van der Waals surface area contributed by atoms with Gasteiger partial charge in [0.15, 0.2) is 0 Å². The molecule has 12 nitrogen and oxygen atoms in total. The standard InChI is InChI=1S/C72H126N6O6/c1-70(2)58-37-61(70)55-40-76-67(64-13-7-10-19-73-64)34-52(55)49(58)16-22-79-25-28-82-43-46-31-47(44-83-29-26-80-23-17-50-53-35-68(65-14-8-11-20-74-65)77-41-56(53)62-38-59(50)71(62,3)4)33-48(32-46)45-84-30-27-81-24-18-51-54-36-69(66-15-9-12-21-75-66)78-42-57(54)63-39-60(51)72(63,5)6/h46-69,73-78H,7-45H2,1-6H3. The van der Waals surface area contributed by atoms with Crippen molar-refractivity contribution in [2.75, 3.05) is 119 Å². The Morgan fingerprint density at radius 1 is 0.286 bits per heavy atom. The Morgan fingerprint density at radius 3 is 0.857 bits per heavy atom. The molecule has 0 amide bonds. The second kappa shape index (κ2) is 27.8. The number of nitrogens with one attached hydrogen (secondary N) is 6. The maximum atomic E-state index is 6.54. The Kier molecular flexibility index (Phi) is 20.6. The molecule has 6 N–H and O–H groups in total. The van der Waals surface area contributed by atoms with Gasteiger partial charge in [0.05, 0.1) is 39.6 Å². The number of hydrogen-bond donors (Lipinski definition) is 6. The van der Waals surface area contributed by atoms with Crippen molar-refractivity contribution >= 4 is 0 Å². The molecule has 6 aliphatic heterocycles. The molecule has 0 radical (unpaired) electrons. The van der Waals surface area contributed by atoms with Gasteiger partial charge in [0.2, 0.25) is 0 Å². The van der Waals surface area contributed by atoms with Crippen molar-refractivity contribution in [1.29, 1.82) is 0 Å². The second-order valence-corrected chi connectivity index (χ2v) is 33.4. The van der Waals surface area contributed by atoms with E-state index in [0.29, 0.717) is 110 Å². The zero-order chi connectivity index (χ0) is 57.4. The van der Waals surface area contributed by atoms with Gasteiger partial charge in [-0.25, -0.2) is 0 Å². The van der Waals surface area contributed by atoms with Gasteiger partial charge in [-0.05, 0) is 278 Å². The SMILES string of the molecule is CC1(C)C2CC1C1CNC(C3CCCCN3)CC1C2CCOCCOCC1CC(COCCOCCC2C3CC(C4CCCCN4)NCC3C3CC2C3(C)C)CC(COCCOCCC2C3CC(C4CCCCN4)NCC3C3CC2C3(C)C)C1. The number of piperidine rings is 6. The van der Waals surface area contributed by atoms with E-state index in [0.717, 1.165) is 128 Å². The summed E-state index contributed by atoms with van der Waals surface area (Å²) in [6.07, 6.45) is 27.7. The average molecular weight is 1170 g/mol. The molecule has 6 bridgehead atoms. The van der Waals surface area contributed by atoms with Gasteiger partial charge in [-0.15, -0.1) is 0 Å². The molecule has 0 aromatic carbocycles. The van der Waals surface area contributed by atoms with Gasteiger partial charge < -0.3 is 60.3 Å². The van der Waals surface area contributed by atoms with Crippen LogP contribution in [-0.2, 0) is 28.4 Å². The maximum absolute atomic E-state index is 6.54. The van der Waals surface area contributed by atoms with Crippen LogP contribution in [0.1, 0.15) is 176 Å². The van der Waals surface area contributed by atoms with Gasteiger partial charge in [-0.2, -0.15) is 0 Å². The first-order valence-corrected chi connectivity index (χ1v) is 36.8. The zero-order valence-corrected chi connectivity index (χ0v) is 54.4. The number of rotatable bonds is 27. The minimum atomic E-state index is 0.473. The highest BCUT2D eigenvalue weighted by Gasteiger charge is 2.65. The minimum Gasteiger partial charge on any atom is -0.379 e. The first kappa shape index (κ1) is 62.3. The Labute approximate surface area is 512 Å². The molecule has 10 saturated carbocycles. The van der Waals surface area contributed by atoms with Gasteiger partial charge >= 0.3 is 0 Å². The molecule has 16 fully saturated rings. The highest BCUT2D eigenvalue weighted by atomic mass is 16.5. The molecule has 6 heterocycles. The topological polar surface area (TPSA) is 128 Å². The van der Waals surface area contributed by atoms with Crippen molar-refractivity contribution in [2.45, 2.75) is 213 Å². The molecule has 16 rings (SSSR count). The van der Waals surface area contributed by atoms with Crippen molar-refractivity contribution in [3.8, 4) is 0 Å². The third kappa shape index (κ3) is 13.1. The minimum absolute atomic E-state index is 0.473. The Hall–Kier alpha value is -0.480. The fraction of sp³-hybridized carbons (Fsp3) is 1.00. The highest BCUT2D eigenvalue weighted by molar-refractivity contribution is 5.15. The highest BCUT2D eigenvalue weighted by Crippen LogP contribution is 2.70. The quantitative estimate of drug-likeness (QED) is 0.0439. The van der Waals surface area contributed by atoms with Crippen LogP contribution in [0.4, 0.5) is 0 Å². The van der Waals surface area contributed by atoms with Crippen molar-refractivity contribution in [1.82, 2.24) is 31.9 Å². The Morgan fingerprint density at radius 2 is 0.583 bits per heavy atom. The van der Waals surface area contributed by atoms with E-state index in [1.807, 2.05) is 0 Å². The van der Waals surface area contributed by atoms with Crippen molar-refractivity contribution in [2.24, 2.45) is 123 Å². The smallest absolute Gasteiger partial charge is 0.0700 e. The molecule has 0 aromatic rings. The fourth-order valence-corrected chi connectivity index (χ4v) is 24.0. The number of hydrogen-bond acceptors (Lipinski definition) is 12. The van der Waals surface area contributed by atoms with Gasteiger partial charge in [-0.3, -0.25) is 0 Å². The molecule has 21 unspecified atom stereocenters. The van der Waals surface area contributed by atoms with E-state index in [4.69, 9.17) is 28.4 Å². The normalized spacial score (nSPS) is 46.1. The number of ether oxygens (including phenoxy) is 6. The summed E-state index contributed by atoms with van der Waals surface area (Å²) >= 11 is 0. The van der Waals surface area contributed by atoms with E-state index >= 15 is 0 Å². The van der Waals surface area contributed by atoms with E-state index < -0.39 is 0 Å². The van der Waals surface area contributed by atoms with E-state index in [2.05, 4.69) is 73.4 Å². The van der Waals surface area contributed by atoms with Crippen LogP contribution in [0.25, 0.3) is 0 Å². The van der Waals surface area contributed by atoms with Crippen LogP contribution in [0, 0.1) is 123 Å².